The fourth-order valence-corrected chi connectivity index (χ4v) is 3.62. The van der Waals surface area contributed by atoms with Gasteiger partial charge < -0.3 is 10.1 Å². The highest BCUT2D eigenvalue weighted by atomic mass is 32.2. The highest BCUT2D eigenvalue weighted by Gasteiger charge is 2.20. The summed E-state index contributed by atoms with van der Waals surface area (Å²) in [7, 11) is 1.08. The first-order valence-electron chi connectivity index (χ1n) is 7.66. The van der Waals surface area contributed by atoms with Gasteiger partial charge >= 0.3 is 0 Å². The molecule has 3 atom stereocenters. The number of hydrogen-bond donors (Lipinski definition) is 1. The first-order valence-corrected chi connectivity index (χ1v) is 9.04. The van der Waals surface area contributed by atoms with Crippen molar-refractivity contribution in [2.75, 3.05) is 12.8 Å². The van der Waals surface area contributed by atoms with Crippen LogP contribution in [0.5, 0.6) is 5.75 Å². The molecular formula is C17H29NO2S. The van der Waals surface area contributed by atoms with Crippen LogP contribution in [0.15, 0.2) is 24.3 Å². The molecule has 1 rings (SSSR count). The van der Waals surface area contributed by atoms with Gasteiger partial charge in [0.2, 0.25) is 0 Å². The van der Waals surface area contributed by atoms with Gasteiger partial charge in [0.15, 0.2) is 0 Å². The van der Waals surface area contributed by atoms with Gasteiger partial charge in [-0.05, 0) is 44.5 Å². The van der Waals surface area contributed by atoms with Crippen molar-refractivity contribution in [3.8, 4) is 5.75 Å². The van der Waals surface area contributed by atoms with Gasteiger partial charge in [-0.15, -0.1) is 0 Å². The number of benzene rings is 1. The fraction of sp³-hybridized carbons (Fsp3) is 0.647. The minimum atomic E-state index is -0.834. The molecule has 0 saturated carbocycles. The van der Waals surface area contributed by atoms with Crippen molar-refractivity contribution in [1.82, 2.24) is 5.32 Å². The number of nitrogens with one attached hydrogen (secondary N) is 1. The van der Waals surface area contributed by atoms with Crippen LogP contribution in [0.4, 0.5) is 0 Å². The topological polar surface area (TPSA) is 38.3 Å². The molecule has 0 amide bonds. The van der Waals surface area contributed by atoms with Crippen LogP contribution in [0.25, 0.3) is 0 Å². The maximum Gasteiger partial charge on any atom is 0.119 e. The molecule has 0 fully saturated rings. The van der Waals surface area contributed by atoms with E-state index in [2.05, 4.69) is 38.2 Å². The zero-order valence-corrected chi connectivity index (χ0v) is 14.9. The monoisotopic (exact) mass is 311 g/mol. The zero-order valence-electron chi connectivity index (χ0n) is 14.1. The summed E-state index contributed by atoms with van der Waals surface area (Å²) in [5, 5.41) is 3.48. The lowest BCUT2D eigenvalue weighted by Crippen LogP contribution is -2.28. The molecule has 0 saturated heterocycles. The molecule has 1 aromatic rings. The Balaban J connectivity index is 2.74. The van der Waals surface area contributed by atoms with E-state index in [1.165, 1.54) is 0 Å². The normalized spacial score (nSPS) is 16.0. The lowest BCUT2D eigenvalue weighted by molar-refractivity contribution is 0.242. The van der Waals surface area contributed by atoms with E-state index < -0.39 is 10.8 Å². The Labute approximate surface area is 131 Å². The molecule has 120 valence electrons. The summed E-state index contributed by atoms with van der Waals surface area (Å²) in [6.45, 7) is 10.3. The van der Waals surface area contributed by atoms with Crippen molar-refractivity contribution in [2.45, 2.75) is 52.0 Å². The van der Waals surface area contributed by atoms with Crippen molar-refractivity contribution >= 4 is 10.8 Å². The summed E-state index contributed by atoms with van der Waals surface area (Å²) >= 11 is 0. The molecule has 0 bridgehead atoms. The van der Waals surface area contributed by atoms with Gasteiger partial charge in [0, 0.05) is 27.8 Å². The average Bonchev–Trinajstić information content (AvgIpc) is 2.43. The van der Waals surface area contributed by atoms with Crippen molar-refractivity contribution in [3.63, 3.8) is 0 Å². The quantitative estimate of drug-likeness (QED) is 0.798. The molecule has 0 aliphatic heterocycles. The molecular weight excluding hydrogens is 282 g/mol. The highest BCUT2D eigenvalue weighted by Crippen LogP contribution is 2.21. The number of rotatable bonds is 8. The van der Waals surface area contributed by atoms with Crippen LogP contribution in [0.2, 0.25) is 0 Å². The Bertz CT molecular complexity index is 443. The van der Waals surface area contributed by atoms with Gasteiger partial charge in [-0.25, -0.2) is 0 Å². The second kappa shape index (κ2) is 8.54. The van der Waals surface area contributed by atoms with E-state index in [1.807, 2.05) is 33.0 Å². The summed E-state index contributed by atoms with van der Waals surface area (Å²) in [6.07, 6.45) is 0.176. The molecule has 4 heteroatoms. The molecule has 1 N–H and O–H groups in total. The largest absolute Gasteiger partial charge is 0.491 e. The molecule has 0 spiro atoms. The van der Waals surface area contributed by atoms with E-state index in [0.29, 0.717) is 11.7 Å². The predicted octanol–water partition coefficient (Wildman–Crippen LogP) is 3.53. The Kier molecular flexibility index (Phi) is 7.40. The zero-order chi connectivity index (χ0) is 16.0. The maximum atomic E-state index is 12.4. The summed E-state index contributed by atoms with van der Waals surface area (Å²) in [6, 6.07) is 8.18. The number of ether oxygens (including phenoxy) is 1. The number of hydrogen-bond acceptors (Lipinski definition) is 3. The first kappa shape index (κ1) is 18.2. The van der Waals surface area contributed by atoms with E-state index in [1.54, 1.807) is 0 Å². The third-order valence-corrected chi connectivity index (χ3v) is 5.72. The molecule has 0 heterocycles. The Morgan fingerprint density at radius 2 is 1.67 bits per heavy atom. The molecule has 0 aromatic heterocycles. The van der Waals surface area contributed by atoms with Crippen molar-refractivity contribution < 1.29 is 8.95 Å². The van der Waals surface area contributed by atoms with E-state index >= 15 is 0 Å². The van der Waals surface area contributed by atoms with E-state index in [4.69, 9.17) is 4.74 Å². The third-order valence-electron chi connectivity index (χ3n) is 3.69. The lowest BCUT2D eigenvalue weighted by atomic mass is 10.1. The highest BCUT2D eigenvalue weighted by molar-refractivity contribution is 7.85. The van der Waals surface area contributed by atoms with Crippen LogP contribution in [-0.4, -0.2) is 28.4 Å². The van der Waals surface area contributed by atoms with E-state index in [0.717, 1.165) is 11.3 Å². The van der Waals surface area contributed by atoms with Crippen LogP contribution >= 0.6 is 0 Å². The molecule has 3 unspecified atom stereocenters. The molecule has 1 aromatic carbocycles. The van der Waals surface area contributed by atoms with Gasteiger partial charge in [-0.1, -0.05) is 32.9 Å². The minimum Gasteiger partial charge on any atom is -0.491 e. The van der Waals surface area contributed by atoms with Gasteiger partial charge in [0.1, 0.15) is 5.75 Å². The second-order valence-corrected chi connectivity index (χ2v) is 7.91. The molecule has 21 heavy (non-hydrogen) atoms. The fourth-order valence-electron chi connectivity index (χ4n) is 2.02. The first-order chi connectivity index (χ1) is 9.85. The van der Waals surface area contributed by atoms with Crippen molar-refractivity contribution in [1.29, 1.82) is 0 Å². The van der Waals surface area contributed by atoms with Crippen LogP contribution < -0.4 is 10.1 Å². The molecule has 3 nitrogen and oxygen atoms in total. The maximum absolute atomic E-state index is 12.4. The minimum absolute atomic E-state index is 0.111. The van der Waals surface area contributed by atoms with Gasteiger partial charge in [-0.2, -0.15) is 0 Å². The van der Waals surface area contributed by atoms with Crippen LogP contribution in [0, 0.1) is 5.92 Å². The molecule has 0 radical (unpaired) electrons. The Morgan fingerprint density at radius 3 is 2.10 bits per heavy atom. The standard InChI is InChI=1S/C17H29NO2S/c1-12(2)14(5)21(19)11-17(18-6)15-7-9-16(10-8-15)20-13(3)4/h7-10,12-14,17-18H,11H2,1-6H3. The second-order valence-electron chi connectivity index (χ2n) is 6.07. The molecule has 0 aliphatic carbocycles. The SMILES string of the molecule is CNC(CS(=O)C(C)C(C)C)c1ccc(OC(C)C)cc1. The summed E-state index contributed by atoms with van der Waals surface area (Å²) in [5.41, 5.74) is 1.15. The van der Waals surface area contributed by atoms with Gasteiger partial charge in [0.05, 0.1) is 6.10 Å². The Morgan fingerprint density at radius 1 is 1.10 bits per heavy atom. The third kappa shape index (κ3) is 5.79. The van der Waals surface area contributed by atoms with Crippen LogP contribution in [0.1, 0.15) is 46.2 Å². The van der Waals surface area contributed by atoms with E-state index in [9.17, 15) is 4.21 Å². The Hall–Kier alpha value is -0.870. The van der Waals surface area contributed by atoms with Crippen molar-refractivity contribution in [2.24, 2.45) is 5.92 Å². The van der Waals surface area contributed by atoms with Crippen LogP contribution in [0.3, 0.4) is 0 Å². The predicted molar refractivity (Wildman–Crippen MR) is 91.3 cm³/mol. The lowest BCUT2D eigenvalue weighted by Gasteiger charge is -2.21. The van der Waals surface area contributed by atoms with Gasteiger partial charge in [0.25, 0.3) is 0 Å². The summed E-state index contributed by atoms with van der Waals surface area (Å²) in [5.74, 6) is 1.95. The van der Waals surface area contributed by atoms with Crippen molar-refractivity contribution in [3.05, 3.63) is 29.8 Å². The summed E-state index contributed by atoms with van der Waals surface area (Å²) in [4.78, 5) is 0. The van der Waals surface area contributed by atoms with Gasteiger partial charge in [-0.3, -0.25) is 4.21 Å². The van der Waals surface area contributed by atoms with Crippen LogP contribution in [-0.2, 0) is 10.8 Å². The summed E-state index contributed by atoms with van der Waals surface area (Å²) < 4.78 is 18.0. The average molecular weight is 311 g/mol. The smallest absolute Gasteiger partial charge is 0.119 e. The van der Waals surface area contributed by atoms with E-state index in [-0.39, 0.29) is 17.4 Å². The molecule has 0 aliphatic rings.